The van der Waals surface area contributed by atoms with Crippen LogP contribution >= 0.6 is 0 Å². The van der Waals surface area contributed by atoms with Gasteiger partial charge in [0.05, 0.1) is 6.10 Å². The van der Waals surface area contributed by atoms with E-state index in [-0.39, 0.29) is 6.10 Å². The van der Waals surface area contributed by atoms with E-state index < -0.39 is 11.7 Å². The fourth-order valence-electron chi connectivity index (χ4n) is 1.64. The third-order valence-corrected chi connectivity index (χ3v) is 2.70. The van der Waals surface area contributed by atoms with Crippen molar-refractivity contribution >= 4 is 6.09 Å². The van der Waals surface area contributed by atoms with Crippen LogP contribution in [0.15, 0.2) is 0 Å². The molecular weight excluding hydrogens is 208 g/mol. The molecule has 0 spiro atoms. The molecule has 5 heteroatoms. The van der Waals surface area contributed by atoms with E-state index in [4.69, 9.17) is 15.5 Å². The van der Waals surface area contributed by atoms with Crippen molar-refractivity contribution in [2.75, 3.05) is 6.54 Å². The van der Waals surface area contributed by atoms with Crippen molar-refractivity contribution in [1.82, 2.24) is 5.32 Å². The molecule has 0 aliphatic heterocycles. The number of ether oxygens (including phenoxy) is 1. The fraction of sp³-hybridized carbons (Fsp3) is 0.909. The highest BCUT2D eigenvalue weighted by Gasteiger charge is 2.28. The molecule has 1 aliphatic rings. The van der Waals surface area contributed by atoms with Gasteiger partial charge in [-0.1, -0.05) is 6.42 Å². The average molecular weight is 230 g/mol. The summed E-state index contributed by atoms with van der Waals surface area (Å²) in [6.45, 7) is 5.90. The number of carbonyl (C=O) groups excluding carboxylic acids is 1. The Labute approximate surface area is 96.6 Å². The second-order valence-electron chi connectivity index (χ2n) is 5.25. The van der Waals surface area contributed by atoms with Gasteiger partial charge in [0, 0.05) is 6.54 Å². The van der Waals surface area contributed by atoms with Crippen LogP contribution in [0.1, 0.15) is 40.0 Å². The molecule has 1 aliphatic carbocycles. The zero-order valence-corrected chi connectivity index (χ0v) is 10.3. The molecule has 1 atom stereocenters. The summed E-state index contributed by atoms with van der Waals surface area (Å²) in [7, 11) is 0. The summed E-state index contributed by atoms with van der Waals surface area (Å²) in [6, 6.07) is 0. The summed E-state index contributed by atoms with van der Waals surface area (Å²) in [5.41, 5.74) is -0.473. The van der Waals surface area contributed by atoms with Gasteiger partial charge in [0.2, 0.25) is 0 Å². The smallest absolute Gasteiger partial charge is 0.407 e. The van der Waals surface area contributed by atoms with Crippen LogP contribution in [0.2, 0.25) is 0 Å². The molecule has 1 unspecified atom stereocenters. The summed E-state index contributed by atoms with van der Waals surface area (Å²) < 4.78 is 5.12. The van der Waals surface area contributed by atoms with Crippen LogP contribution in [0.25, 0.3) is 0 Å². The number of carbonyl (C=O) groups is 1. The Hall–Kier alpha value is -0.810. The highest BCUT2D eigenvalue weighted by Crippen LogP contribution is 2.30. The van der Waals surface area contributed by atoms with Gasteiger partial charge < -0.3 is 10.1 Å². The Morgan fingerprint density at radius 3 is 2.50 bits per heavy atom. The van der Waals surface area contributed by atoms with Gasteiger partial charge in [0.15, 0.2) is 0 Å². The molecule has 94 valence electrons. The van der Waals surface area contributed by atoms with Crippen LogP contribution in [0, 0.1) is 5.92 Å². The van der Waals surface area contributed by atoms with Gasteiger partial charge in [-0.3, -0.25) is 4.84 Å². The van der Waals surface area contributed by atoms with Crippen LogP contribution < -0.4 is 11.2 Å². The number of nitrogens with two attached hydrogens (primary N) is 1. The van der Waals surface area contributed by atoms with E-state index >= 15 is 0 Å². The molecule has 0 aromatic rings. The molecule has 0 heterocycles. The second kappa shape index (κ2) is 5.50. The summed E-state index contributed by atoms with van der Waals surface area (Å²) in [5.74, 6) is 5.68. The predicted octanol–water partition coefficient (Wildman–Crippen LogP) is 1.57. The van der Waals surface area contributed by atoms with Crippen molar-refractivity contribution in [3.05, 3.63) is 0 Å². The van der Waals surface area contributed by atoms with Gasteiger partial charge in [-0.05, 0) is 39.5 Å². The van der Waals surface area contributed by atoms with Crippen molar-refractivity contribution in [2.24, 2.45) is 11.8 Å². The average Bonchev–Trinajstić information content (AvgIpc) is 2.05. The molecule has 0 aromatic heterocycles. The highest BCUT2D eigenvalue weighted by molar-refractivity contribution is 5.67. The molecule has 1 fully saturated rings. The number of nitrogens with one attached hydrogen (secondary N) is 1. The van der Waals surface area contributed by atoms with Crippen LogP contribution in [0.5, 0.6) is 0 Å². The molecule has 5 nitrogen and oxygen atoms in total. The van der Waals surface area contributed by atoms with E-state index in [2.05, 4.69) is 5.32 Å². The lowest BCUT2D eigenvalue weighted by molar-refractivity contribution is -0.0166. The van der Waals surface area contributed by atoms with Gasteiger partial charge in [0.1, 0.15) is 5.60 Å². The van der Waals surface area contributed by atoms with Crippen LogP contribution in [0.4, 0.5) is 4.79 Å². The summed E-state index contributed by atoms with van der Waals surface area (Å²) in [4.78, 5) is 16.2. The predicted molar refractivity (Wildman–Crippen MR) is 60.6 cm³/mol. The van der Waals surface area contributed by atoms with E-state index in [0.29, 0.717) is 12.5 Å². The summed E-state index contributed by atoms with van der Waals surface area (Å²) >= 11 is 0. The van der Waals surface area contributed by atoms with E-state index in [1.165, 1.54) is 6.42 Å². The second-order valence-corrected chi connectivity index (χ2v) is 5.25. The van der Waals surface area contributed by atoms with E-state index in [0.717, 1.165) is 12.8 Å². The summed E-state index contributed by atoms with van der Waals surface area (Å²) in [6.07, 6.45) is 2.95. The van der Waals surface area contributed by atoms with Crippen molar-refractivity contribution in [2.45, 2.75) is 51.7 Å². The maximum absolute atomic E-state index is 11.4. The van der Waals surface area contributed by atoms with Gasteiger partial charge >= 0.3 is 6.09 Å². The molecule has 1 saturated carbocycles. The quantitative estimate of drug-likeness (QED) is 0.719. The van der Waals surface area contributed by atoms with Crippen molar-refractivity contribution in [3.63, 3.8) is 0 Å². The summed E-state index contributed by atoms with van der Waals surface area (Å²) in [5, 5.41) is 2.67. The first-order chi connectivity index (χ1) is 7.42. The lowest BCUT2D eigenvalue weighted by atomic mass is 9.81. The number of hydrogen-bond donors (Lipinski definition) is 2. The molecule has 0 saturated heterocycles. The molecule has 16 heavy (non-hydrogen) atoms. The first-order valence-corrected chi connectivity index (χ1v) is 5.75. The molecule has 0 aromatic carbocycles. The zero-order chi connectivity index (χ0) is 12.2. The van der Waals surface area contributed by atoms with Crippen LogP contribution in [-0.4, -0.2) is 24.3 Å². The molecule has 3 N–H and O–H groups in total. The Bertz CT molecular complexity index is 234. The fourth-order valence-corrected chi connectivity index (χ4v) is 1.64. The van der Waals surface area contributed by atoms with E-state index in [1.54, 1.807) is 0 Å². The third kappa shape index (κ3) is 4.37. The molecule has 1 amide bonds. The Morgan fingerprint density at radius 1 is 1.50 bits per heavy atom. The maximum atomic E-state index is 11.4. The van der Waals surface area contributed by atoms with E-state index in [9.17, 15) is 4.79 Å². The first kappa shape index (κ1) is 13.3. The van der Waals surface area contributed by atoms with Crippen molar-refractivity contribution in [1.29, 1.82) is 0 Å². The van der Waals surface area contributed by atoms with Crippen LogP contribution in [-0.2, 0) is 9.57 Å². The van der Waals surface area contributed by atoms with Gasteiger partial charge in [-0.15, -0.1) is 0 Å². The topological polar surface area (TPSA) is 73.6 Å². The van der Waals surface area contributed by atoms with Crippen molar-refractivity contribution < 1.29 is 14.4 Å². The minimum atomic E-state index is -0.473. The molecule has 0 radical (unpaired) electrons. The largest absolute Gasteiger partial charge is 0.444 e. The Kier molecular flexibility index (Phi) is 4.56. The monoisotopic (exact) mass is 230 g/mol. The number of amides is 1. The SMILES string of the molecule is CC(C)(C)OC(=O)NCC(ON)C1CCC1. The van der Waals surface area contributed by atoms with Gasteiger partial charge in [-0.25, -0.2) is 10.7 Å². The lowest BCUT2D eigenvalue weighted by Gasteiger charge is -2.32. The standard InChI is InChI=1S/C11H22N2O3/c1-11(2,3)15-10(14)13-7-9(16-12)8-5-4-6-8/h8-9H,4-7,12H2,1-3H3,(H,13,14). The van der Waals surface area contributed by atoms with Crippen LogP contribution in [0.3, 0.4) is 0 Å². The van der Waals surface area contributed by atoms with Crippen molar-refractivity contribution in [3.8, 4) is 0 Å². The third-order valence-electron chi connectivity index (χ3n) is 2.70. The molecular formula is C11H22N2O3. The van der Waals surface area contributed by atoms with Gasteiger partial charge in [-0.2, -0.15) is 0 Å². The molecule has 1 rings (SSSR count). The minimum Gasteiger partial charge on any atom is -0.444 e. The highest BCUT2D eigenvalue weighted by atomic mass is 16.6. The zero-order valence-electron chi connectivity index (χ0n) is 10.3. The lowest BCUT2D eigenvalue weighted by Crippen LogP contribution is -2.43. The minimum absolute atomic E-state index is 0.0960. The normalized spacial score (nSPS) is 18.8. The maximum Gasteiger partial charge on any atom is 0.407 e. The number of hydrogen-bond acceptors (Lipinski definition) is 4. The first-order valence-electron chi connectivity index (χ1n) is 5.75. The van der Waals surface area contributed by atoms with E-state index in [1.807, 2.05) is 20.8 Å². The van der Waals surface area contributed by atoms with Gasteiger partial charge in [0.25, 0.3) is 0 Å². The number of alkyl carbamates (subject to hydrolysis) is 1. The molecule has 0 bridgehead atoms. The Morgan fingerprint density at radius 2 is 2.12 bits per heavy atom. The Balaban J connectivity index is 2.23. The number of rotatable bonds is 4.